The third kappa shape index (κ3) is 5.25. The average molecular weight is 761 g/mol. The highest BCUT2D eigenvalue weighted by Gasteiger charge is 2.20. The maximum Gasteiger partial charge on any atom is 0.227 e. The van der Waals surface area contributed by atoms with Crippen molar-refractivity contribution in [3.8, 4) is 33.7 Å². The largest absolute Gasteiger partial charge is 0.456 e. The Hall–Kier alpha value is -7.47. The zero-order valence-corrected chi connectivity index (χ0v) is 31.9. The standard InChI is InChI=1S/C53H32N2O2S/c1-2-11-36(12-3-1)53-54-51-48(57-53)31-30-47-50(51)44-32-37(24-29-46(44)56-47)33-20-25-38(26-21-33)55(45-18-9-17-43-42-15-6-7-19-49(42)58-52(43)45)39-27-22-35(23-28-39)41-16-8-13-34-10-4-5-14-40(34)41/h1-32H. The fraction of sp³-hybridized carbons (Fsp3) is 0. The van der Waals surface area contributed by atoms with Crippen LogP contribution in [0, 0.1) is 0 Å². The van der Waals surface area contributed by atoms with Crippen LogP contribution >= 0.6 is 11.3 Å². The van der Waals surface area contributed by atoms with Crippen molar-refractivity contribution in [2.45, 2.75) is 0 Å². The number of furan rings is 1. The second-order valence-electron chi connectivity index (χ2n) is 14.7. The van der Waals surface area contributed by atoms with Crippen molar-refractivity contribution in [1.82, 2.24) is 4.98 Å². The molecule has 58 heavy (non-hydrogen) atoms. The number of anilines is 3. The molecule has 0 fully saturated rings. The Bertz CT molecular complexity index is 3500. The van der Waals surface area contributed by atoms with Gasteiger partial charge in [0.25, 0.3) is 0 Å². The summed E-state index contributed by atoms with van der Waals surface area (Å²) < 4.78 is 15.1. The lowest BCUT2D eigenvalue weighted by Crippen LogP contribution is -2.10. The van der Waals surface area contributed by atoms with E-state index in [1.54, 1.807) is 0 Å². The first-order valence-corrected chi connectivity index (χ1v) is 20.3. The lowest BCUT2D eigenvalue weighted by Gasteiger charge is -2.26. The van der Waals surface area contributed by atoms with Crippen LogP contribution in [0.3, 0.4) is 0 Å². The predicted molar refractivity (Wildman–Crippen MR) is 243 cm³/mol. The Balaban J connectivity index is 0.970. The Morgan fingerprint density at radius 2 is 1.09 bits per heavy atom. The minimum absolute atomic E-state index is 0.600. The number of hydrogen-bond acceptors (Lipinski definition) is 5. The molecule has 0 radical (unpaired) electrons. The van der Waals surface area contributed by atoms with E-state index in [1.807, 2.05) is 53.8 Å². The summed E-state index contributed by atoms with van der Waals surface area (Å²) in [5.41, 5.74) is 12.1. The zero-order valence-electron chi connectivity index (χ0n) is 31.1. The number of rotatable bonds is 6. The van der Waals surface area contributed by atoms with Crippen LogP contribution in [0.1, 0.15) is 0 Å². The van der Waals surface area contributed by atoms with Crippen molar-refractivity contribution in [2.24, 2.45) is 0 Å². The SMILES string of the molecule is c1ccc(-c2nc3c(ccc4oc5ccc(-c6ccc(N(c7ccc(-c8cccc9ccccc89)cc7)c7cccc8c7sc7ccccc78)cc6)cc5c43)o2)cc1. The maximum atomic E-state index is 6.34. The smallest absolute Gasteiger partial charge is 0.227 e. The van der Waals surface area contributed by atoms with E-state index in [1.165, 1.54) is 42.1 Å². The number of nitrogens with zero attached hydrogens (tertiary/aromatic N) is 2. The van der Waals surface area contributed by atoms with E-state index in [0.717, 1.165) is 66.8 Å². The van der Waals surface area contributed by atoms with Crippen LogP contribution in [0.15, 0.2) is 203 Å². The molecular weight excluding hydrogens is 729 g/mol. The third-order valence-corrected chi connectivity index (χ3v) is 12.5. The van der Waals surface area contributed by atoms with Crippen molar-refractivity contribution in [3.05, 3.63) is 194 Å². The number of fused-ring (bicyclic) bond motifs is 9. The summed E-state index contributed by atoms with van der Waals surface area (Å²) in [6.07, 6.45) is 0. The molecule has 4 nitrogen and oxygen atoms in total. The monoisotopic (exact) mass is 760 g/mol. The molecular formula is C53H32N2O2S. The van der Waals surface area contributed by atoms with Gasteiger partial charge in [-0.1, -0.05) is 121 Å². The van der Waals surface area contributed by atoms with Crippen LogP contribution in [-0.2, 0) is 0 Å². The second kappa shape index (κ2) is 13.1. The van der Waals surface area contributed by atoms with Gasteiger partial charge in [-0.05, 0) is 106 Å². The van der Waals surface area contributed by atoms with Gasteiger partial charge < -0.3 is 13.7 Å². The minimum Gasteiger partial charge on any atom is -0.456 e. The van der Waals surface area contributed by atoms with Gasteiger partial charge in [-0.2, -0.15) is 0 Å². The van der Waals surface area contributed by atoms with Crippen LogP contribution in [0.25, 0.3) is 97.7 Å². The highest BCUT2D eigenvalue weighted by Crippen LogP contribution is 2.46. The van der Waals surface area contributed by atoms with E-state index >= 15 is 0 Å². The quantitative estimate of drug-likeness (QED) is 0.169. The molecule has 0 N–H and O–H groups in total. The van der Waals surface area contributed by atoms with Crippen molar-refractivity contribution in [2.75, 3.05) is 4.90 Å². The fourth-order valence-electron chi connectivity index (χ4n) is 8.54. The molecule has 0 unspecified atom stereocenters. The van der Waals surface area contributed by atoms with E-state index in [0.29, 0.717) is 5.89 Å². The van der Waals surface area contributed by atoms with Gasteiger partial charge in [-0.25, -0.2) is 4.98 Å². The van der Waals surface area contributed by atoms with Gasteiger partial charge in [0, 0.05) is 37.8 Å². The predicted octanol–water partition coefficient (Wildman–Crippen LogP) is 15.7. The van der Waals surface area contributed by atoms with E-state index < -0.39 is 0 Å². The molecule has 5 heteroatoms. The lowest BCUT2D eigenvalue weighted by atomic mass is 9.98. The van der Waals surface area contributed by atoms with Gasteiger partial charge in [0.1, 0.15) is 16.7 Å². The van der Waals surface area contributed by atoms with Crippen LogP contribution < -0.4 is 4.90 Å². The summed E-state index contributed by atoms with van der Waals surface area (Å²) >= 11 is 1.85. The average Bonchev–Trinajstić information content (AvgIpc) is 4.01. The molecule has 12 aromatic rings. The number of aromatic nitrogens is 1. The summed E-state index contributed by atoms with van der Waals surface area (Å²) in [4.78, 5) is 7.36. The van der Waals surface area contributed by atoms with Gasteiger partial charge in [0.05, 0.1) is 15.8 Å². The van der Waals surface area contributed by atoms with Crippen molar-refractivity contribution >= 4 is 92.4 Å². The Labute approximate surface area is 337 Å². The van der Waals surface area contributed by atoms with Crippen molar-refractivity contribution < 1.29 is 8.83 Å². The van der Waals surface area contributed by atoms with Crippen LogP contribution in [0.4, 0.5) is 17.1 Å². The van der Waals surface area contributed by atoms with Gasteiger partial charge in [0.2, 0.25) is 5.89 Å². The van der Waals surface area contributed by atoms with E-state index in [9.17, 15) is 0 Å². The molecule has 0 bridgehead atoms. The molecule has 3 heterocycles. The number of thiophene rings is 1. The van der Waals surface area contributed by atoms with Crippen molar-refractivity contribution in [1.29, 1.82) is 0 Å². The number of oxazole rings is 1. The summed E-state index contributed by atoms with van der Waals surface area (Å²) in [5, 5.41) is 7.03. The molecule has 0 atom stereocenters. The summed E-state index contributed by atoms with van der Waals surface area (Å²) in [5.74, 6) is 0.600. The first-order valence-electron chi connectivity index (χ1n) is 19.4. The van der Waals surface area contributed by atoms with Crippen LogP contribution in [0.2, 0.25) is 0 Å². The first kappa shape index (κ1) is 32.7. The summed E-state index contributed by atoms with van der Waals surface area (Å²) in [6, 6.07) is 68.8. The molecule has 0 aliphatic carbocycles. The number of hydrogen-bond donors (Lipinski definition) is 0. The van der Waals surface area contributed by atoms with Gasteiger partial charge >= 0.3 is 0 Å². The molecule has 3 aromatic heterocycles. The molecule has 9 aromatic carbocycles. The second-order valence-corrected chi connectivity index (χ2v) is 15.7. The molecule has 0 aliphatic heterocycles. The highest BCUT2D eigenvalue weighted by molar-refractivity contribution is 7.26. The first-order chi connectivity index (χ1) is 28.7. The fourth-order valence-corrected chi connectivity index (χ4v) is 9.75. The molecule has 272 valence electrons. The Kier molecular flexibility index (Phi) is 7.37. The normalized spacial score (nSPS) is 11.8. The Morgan fingerprint density at radius 1 is 0.431 bits per heavy atom. The maximum absolute atomic E-state index is 6.34. The van der Waals surface area contributed by atoms with Crippen LogP contribution in [-0.4, -0.2) is 4.98 Å². The summed E-state index contributed by atoms with van der Waals surface area (Å²) in [6.45, 7) is 0. The van der Waals surface area contributed by atoms with E-state index in [4.69, 9.17) is 13.8 Å². The topological polar surface area (TPSA) is 42.4 Å². The summed E-state index contributed by atoms with van der Waals surface area (Å²) in [7, 11) is 0. The minimum atomic E-state index is 0.600. The third-order valence-electron chi connectivity index (χ3n) is 11.3. The van der Waals surface area contributed by atoms with Gasteiger partial charge in [-0.15, -0.1) is 11.3 Å². The molecule has 0 spiro atoms. The van der Waals surface area contributed by atoms with Gasteiger partial charge in [-0.3, -0.25) is 0 Å². The van der Waals surface area contributed by atoms with E-state index in [2.05, 4.69) is 157 Å². The molecule has 0 saturated carbocycles. The lowest BCUT2D eigenvalue weighted by molar-refractivity contribution is 0.619. The van der Waals surface area contributed by atoms with Crippen LogP contribution in [0.5, 0.6) is 0 Å². The highest BCUT2D eigenvalue weighted by atomic mass is 32.1. The molecule has 0 amide bonds. The zero-order chi connectivity index (χ0) is 38.2. The molecule has 12 rings (SSSR count). The molecule has 0 aliphatic rings. The van der Waals surface area contributed by atoms with E-state index in [-0.39, 0.29) is 0 Å². The van der Waals surface area contributed by atoms with Crippen molar-refractivity contribution in [3.63, 3.8) is 0 Å². The Morgan fingerprint density at radius 3 is 1.93 bits per heavy atom. The van der Waals surface area contributed by atoms with Gasteiger partial charge in [0.15, 0.2) is 5.58 Å². The molecule has 0 saturated heterocycles. The number of benzene rings is 9.